The number of carbonyl (C=O) groups is 1. The molecule has 6 nitrogen and oxygen atoms in total. The van der Waals surface area contributed by atoms with E-state index in [4.69, 9.17) is 4.74 Å². The van der Waals surface area contributed by atoms with Gasteiger partial charge in [0.25, 0.3) is 0 Å². The van der Waals surface area contributed by atoms with Crippen molar-refractivity contribution in [2.45, 2.75) is 46.4 Å². The van der Waals surface area contributed by atoms with Crippen molar-refractivity contribution in [1.82, 2.24) is 19.8 Å². The molecule has 0 saturated heterocycles. The minimum atomic E-state index is -0.0864. The highest BCUT2D eigenvalue weighted by atomic mass is 16.5. The Hall–Kier alpha value is -3.28. The summed E-state index contributed by atoms with van der Waals surface area (Å²) in [5.74, 6) is 1.81. The summed E-state index contributed by atoms with van der Waals surface area (Å²) in [4.78, 5) is 18.5. The van der Waals surface area contributed by atoms with Gasteiger partial charge in [-0.3, -0.25) is 0 Å². The molecule has 0 fully saturated rings. The Morgan fingerprint density at radius 2 is 1.97 bits per heavy atom. The zero-order valence-corrected chi connectivity index (χ0v) is 18.8. The van der Waals surface area contributed by atoms with Gasteiger partial charge in [0.2, 0.25) is 0 Å². The van der Waals surface area contributed by atoms with Crippen molar-refractivity contribution in [1.29, 1.82) is 0 Å². The van der Waals surface area contributed by atoms with Crippen LogP contribution in [0, 0.1) is 13.8 Å². The number of carbonyl (C=O) groups excluding carboxylic acids is 1. The molecule has 3 rings (SSSR count). The largest absolute Gasteiger partial charge is 0.489 e. The van der Waals surface area contributed by atoms with Crippen LogP contribution in [0.25, 0.3) is 0 Å². The smallest absolute Gasteiger partial charge is 0.317 e. The second-order valence-electron chi connectivity index (χ2n) is 7.96. The van der Waals surface area contributed by atoms with Gasteiger partial charge in [0.1, 0.15) is 18.2 Å². The number of benzene rings is 2. The molecule has 2 aromatic carbocycles. The average Bonchev–Trinajstić information content (AvgIpc) is 3.17. The molecule has 1 aromatic heterocycles. The normalized spacial score (nSPS) is 11.7. The number of hydrogen-bond donors (Lipinski definition) is 1. The Kier molecular flexibility index (Phi) is 7.70. The molecule has 0 aliphatic rings. The molecule has 0 spiro atoms. The van der Waals surface area contributed by atoms with Crippen LogP contribution in [0.1, 0.15) is 41.9 Å². The molecule has 164 valence electrons. The summed E-state index contributed by atoms with van der Waals surface area (Å²) in [5, 5.41) is 3.06. The Bertz CT molecular complexity index is 981. The molecular formula is C25H32N4O2. The van der Waals surface area contributed by atoms with Crippen LogP contribution < -0.4 is 10.1 Å². The number of ether oxygens (including phenoxy) is 1. The lowest BCUT2D eigenvalue weighted by atomic mass is 10.1. The number of nitrogens with zero attached hydrogens (tertiary/aromatic N) is 3. The third kappa shape index (κ3) is 6.60. The van der Waals surface area contributed by atoms with Crippen LogP contribution >= 0.6 is 0 Å². The molecule has 0 aliphatic carbocycles. The molecule has 0 saturated carbocycles. The van der Waals surface area contributed by atoms with Crippen molar-refractivity contribution in [3.05, 3.63) is 83.4 Å². The lowest BCUT2D eigenvalue weighted by molar-refractivity contribution is 0.204. The van der Waals surface area contributed by atoms with Gasteiger partial charge in [0, 0.05) is 32.5 Å². The fourth-order valence-corrected chi connectivity index (χ4v) is 3.42. The first-order valence-electron chi connectivity index (χ1n) is 10.7. The van der Waals surface area contributed by atoms with E-state index >= 15 is 0 Å². The maximum Gasteiger partial charge on any atom is 0.317 e. The average molecular weight is 421 g/mol. The Labute approximate surface area is 184 Å². The summed E-state index contributed by atoms with van der Waals surface area (Å²) in [6.07, 6.45) is 4.64. The molecule has 3 aromatic rings. The zero-order valence-electron chi connectivity index (χ0n) is 18.8. The molecule has 6 heteroatoms. The third-order valence-corrected chi connectivity index (χ3v) is 5.37. The quantitative estimate of drug-likeness (QED) is 0.537. The second kappa shape index (κ2) is 10.7. The van der Waals surface area contributed by atoms with E-state index in [2.05, 4.69) is 40.0 Å². The van der Waals surface area contributed by atoms with Gasteiger partial charge in [0.05, 0.1) is 6.04 Å². The summed E-state index contributed by atoms with van der Waals surface area (Å²) in [7, 11) is 1.82. The Balaban J connectivity index is 1.44. The van der Waals surface area contributed by atoms with Crippen LogP contribution in [-0.4, -0.2) is 34.1 Å². The zero-order chi connectivity index (χ0) is 22.2. The summed E-state index contributed by atoms with van der Waals surface area (Å²) in [6.45, 7) is 8.12. The fourth-order valence-electron chi connectivity index (χ4n) is 3.42. The molecule has 0 bridgehead atoms. The van der Waals surface area contributed by atoms with Crippen molar-refractivity contribution >= 4 is 6.03 Å². The molecule has 31 heavy (non-hydrogen) atoms. The number of rotatable bonds is 9. The van der Waals surface area contributed by atoms with Gasteiger partial charge in [-0.25, -0.2) is 9.78 Å². The molecule has 1 unspecified atom stereocenters. The van der Waals surface area contributed by atoms with Crippen molar-refractivity contribution in [3.63, 3.8) is 0 Å². The van der Waals surface area contributed by atoms with Crippen LogP contribution in [0.5, 0.6) is 5.75 Å². The number of amides is 2. The summed E-state index contributed by atoms with van der Waals surface area (Å²) in [5.41, 5.74) is 3.41. The number of aromatic nitrogens is 2. The molecule has 1 N–H and O–H groups in total. The van der Waals surface area contributed by atoms with E-state index in [0.29, 0.717) is 13.2 Å². The maximum absolute atomic E-state index is 12.5. The molecule has 0 aliphatic heterocycles. The van der Waals surface area contributed by atoms with Crippen LogP contribution in [0.4, 0.5) is 4.79 Å². The van der Waals surface area contributed by atoms with E-state index in [-0.39, 0.29) is 12.1 Å². The standard InChI is InChI=1S/C25H32N4O2/c1-19-7-5-8-22(17-19)18-31-24-11-9-23(10-12-24)20(2)27-25(30)28(4)14-6-15-29-16-13-26-21(29)3/h5,7-13,16-17,20H,6,14-15,18H2,1-4H3,(H,27,30). The van der Waals surface area contributed by atoms with Gasteiger partial charge < -0.3 is 19.5 Å². The third-order valence-electron chi connectivity index (χ3n) is 5.37. The topological polar surface area (TPSA) is 59.4 Å². The minimum absolute atomic E-state index is 0.0744. The molecular weight excluding hydrogens is 388 g/mol. The molecule has 0 radical (unpaired) electrons. The summed E-state index contributed by atoms with van der Waals surface area (Å²) < 4.78 is 7.98. The lowest BCUT2D eigenvalue weighted by Gasteiger charge is -2.22. The van der Waals surface area contributed by atoms with Gasteiger partial charge >= 0.3 is 6.03 Å². The van der Waals surface area contributed by atoms with E-state index < -0.39 is 0 Å². The monoisotopic (exact) mass is 420 g/mol. The van der Waals surface area contributed by atoms with Crippen molar-refractivity contribution in [2.75, 3.05) is 13.6 Å². The Morgan fingerprint density at radius 1 is 1.19 bits per heavy atom. The fraction of sp³-hybridized carbons (Fsp3) is 0.360. The highest BCUT2D eigenvalue weighted by Gasteiger charge is 2.13. The van der Waals surface area contributed by atoms with Crippen LogP contribution in [0.15, 0.2) is 60.9 Å². The van der Waals surface area contributed by atoms with E-state index in [1.165, 1.54) is 5.56 Å². The first-order valence-corrected chi connectivity index (χ1v) is 10.7. The number of imidazole rings is 1. The van der Waals surface area contributed by atoms with Gasteiger partial charge in [-0.1, -0.05) is 42.0 Å². The van der Waals surface area contributed by atoms with Gasteiger partial charge in [0.15, 0.2) is 0 Å². The highest BCUT2D eigenvalue weighted by Crippen LogP contribution is 2.19. The minimum Gasteiger partial charge on any atom is -0.489 e. The first kappa shape index (κ1) is 22.4. The SMILES string of the molecule is Cc1cccc(COc2ccc(C(C)NC(=O)N(C)CCCn3ccnc3C)cc2)c1. The number of aryl methyl sites for hydroxylation is 3. The number of urea groups is 1. The van der Waals surface area contributed by atoms with Crippen LogP contribution in [-0.2, 0) is 13.2 Å². The maximum atomic E-state index is 12.5. The lowest BCUT2D eigenvalue weighted by Crippen LogP contribution is -2.39. The van der Waals surface area contributed by atoms with Gasteiger partial charge in [-0.15, -0.1) is 0 Å². The summed E-state index contributed by atoms with van der Waals surface area (Å²) in [6, 6.07) is 16.0. The van der Waals surface area contributed by atoms with E-state index in [0.717, 1.165) is 35.7 Å². The predicted octanol–water partition coefficient (Wildman–Crippen LogP) is 4.87. The van der Waals surface area contributed by atoms with E-state index in [1.54, 1.807) is 11.1 Å². The van der Waals surface area contributed by atoms with Crippen LogP contribution in [0.2, 0.25) is 0 Å². The number of hydrogen-bond acceptors (Lipinski definition) is 3. The second-order valence-corrected chi connectivity index (χ2v) is 7.96. The van der Waals surface area contributed by atoms with E-state index in [1.807, 2.05) is 57.4 Å². The van der Waals surface area contributed by atoms with Gasteiger partial charge in [-0.05, 0) is 50.5 Å². The van der Waals surface area contributed by atoms with Crippen molar-refractivity contribution < 1.29 is 9.53 Å². The van der Waals surface area contributed by atoms with E-state index in [9.17, 15) is 4.79 Å². The van der Waals surface area contributed by atoms with Crippen LogP contribution in [0.3, 0.4) is 0 Å². The van der Waals surface area contributed by atoms with Crippen molar-refractivity contribution in [3.8, 4) is 5.75 Å². The first-order chi connectivity index (χ1) is 14.9. The summed E-state index contributed by atoms with van der Waals surface area (Å²) >= 11 is 0. The Morgan fingerprint density at radius 3 is 2.65 bits per heavy atom. The predicted molar refractivity (Wildman–Crippen MR) is 123 cm³/mol. The highest BCUT2D eigenvalue weighted by molar-refractivity contribution is 5.74. The molecule has 2 amide bonds. The van der Waals surface area contributed by atoms with Gasteiger partial charge in [-0.2, -0.15) is 0 Å². The number of nitrogens with one attached hydrogen (secondary N) is 1. The molecule has 1 heterocycles. The molecule has 1 atom stereocenters. The van der Waals surface area contributed by atoms with Crippen molar-refractivity contribution in [2.24, 2.45) is 0 Å².